The van der Waals surface area contributed by atoms with Crippen LogP contribution in [-0.4, -0.2) is 12.3 Å². The van der Waals surface area contributed by atoms with Crippen molar-refractivity contribution in [2.45, 2.75) is 27.2 Å². The van der Waals surface area contributed by atoms with Crippen LogP contribution in [-0.2, 0) is 9.31 Å². The molecule has 0 unspecified atom stereocenters. The standard InChI is InChI=1S/C7H13BO3/c1-4-6-7(5(2)3)11-8(9)10-6/h5,9H,4H2,1-3H3. The SMILES string of the molecule is CCC1=C(C(C)C)OB(O)O1. The van der Waals surface area contributed by atoms with E-state index in [0.29, 0.717) is 0 Å². The summed E-state index contributed by atoms with van der Waals surface area (Å²) in [5.41, 5.74) is 0. The van der Waals surface area contributed by atoms with Crippen molar-refractivity contribution < 1.29 is 14.3 Å². The average Bonchev–Trinajstić information content (AvgIpc) is 2.30. The molecule has 0 saturated heterocycles. The van der Waals surface area contributed by atoms with E-state index in [0.717, 1.165) is 17.9 Å². The Kier molecular flexibility index (Phi) is 2.44. The fraction of sp³-hybridized carbons (Fsp3) is 0.714. The second-order valence-electron chi connectivity index (χ2n) is 2.84. The normalized spacial score (nSPS) is 17.4. The lowest BCUT2D eigenvalue weighted by Gasteiger charge is -2.06. The van der Waals surface area contributed by atoms with Crippen molar-refractivity contribution in [3.8, 4) is 0 Å². The number of allylic oxidation sites excluding steroid dienone is 2. The molecular formula is C7H13BO3. The van der Waals surface area contributed by atoms with Gasteiger partial charge in [0.2, 0.25) is 0 Å². The molecule has 1 aliphatic heterocycles. The van der Waals surface area contributed by atoms with Crippen LogP contribution in [0.3, 0.4) is 0 Å². The zero-order valence-electron chi connectivity index (χ0n) is 7.13. The molecule has 0 aromatic heterocycles. The van der Waals surface area contributed by atoms with Gasteiger partial charge in [0, 0.05) is 12.3 Å². The van der Waals surface area contributed by atoms with Crippen molar-refractivity contribution in [2.24, 2.45) is 5.92 Å². The highest BCUT2D eigenvalue weighted by atomic mass is 16.7. The molecule has 0 spiro atoms. The maximum Gasteiger partial charge on any atom is 0.784 e. The Bertz CT molecular complexity index is 177. The van der Waals surface area contributed by atoms with Crippen molar-refractivity contribution in [2.75, 3.05) is 0 Å². The molecule has 1 aliphatic rings. The quantitative estimate of drug-likeness (QED) is 0.612. The lowest BCUT2D eigenvalue weighted by molar-refractivity contribution is 0.251. The molecule has 62 valence electrons. The fourth-order valence-corrected chi connectivity index (χ4v) is 1.09. The lowest BCUT2D eigenvalue weighted by atomic mass is 10.1. The van der Waals surface area contributed by atoms with Crippen LogP contribution >= 0.6 is 0 Å². The molecule has 3 nitrogen and oxygen atoms in total. The van der Waals surface area contributed by atoms with E-state index in [9.17, 15) is 0 Å². The molecule has 0 aliphatic carbocycles. The third-order valence-corrected chi connectivity index (χ3v) is 1.59. The van der Waals surface area contributed by atoms with Gasteiger partial charge in [-0.15, -0.1) is 0 Å². The van der Waals surface area contributed by atoms with Gasteiger partial charge in [-0.2, -0.15) is 0 Å². The van der Waals surface area contributed by atoms with Crippen molar-refractivity contribution >= 4 is 7.32 Å². The summed E-state index contributed by atoms with van der Waals surface area (Å²) in [6.07, 6.45) is 0.768. The Labute approximate surface area is 67.2 Å². The molecule has 0 aromatic rings. The second kappa shape index (κ2) is 3.18. The van der Waals surface area contributed by atoms with E-state index >= 15 is 0 Å². The first-order valence-corrected chi connectivity index (χ1v) is 3.89. The number of rotatable bonds is 2. The molecule has 0 amide bonds. The summed E-state index contributed by atoms with van der Waals surface area (Å²) in [5, 5.41) is 8.96. The number of hydrogen-bond acceptors (Lipinski definition) is 3. The first-order valence-electron chi connectivity index (χ1n) is 3.89. The second-order valence-corrected chi connectivity index (χ2v) is 2.84. The minimum absolute atomic E-state index is 0.280. The zero-order chi connectivity index (χ0) is 8.43. The highest BCUT2D eigenvalue weighted by Gasteiger charge is 2.33. The first-order chi connectivity index (χ1) is 5.15. The number of hydrogen-bond donors (Lipinski definition) is 1. The van der Waals surface area contributed by atoms with E-state index in [4.69, 9.17) is 14.3 Å². The molecule has 0 saturated carbocycles. The molecule has 4 heteroatoms. The van der Waals surface area contributed by atoms with Crippen LogP contribution in [0.2, 0.25) is 0 Å². The summed E-state index contributed by atoms with van der Waals surface area (Å²) < 4.78 is 10.0. The zero-order valence-corrected chi connectivity index (χ0v) is 7.13. The maximum absolute atomic E-state index is 8.96. The molecule has 0 bridgehead atoms. The molecule has 0 aromatic carbocycles. The van der Waals surface area contributed by atoms with Gasteiger partial charge in [-0.05, 0) is 0 Å². The lowest BCUT2D eigenvalue weighted by Crippen LogP contribution is -2.14. The van der Waals surface area contributed by atoms with Gasteiger partial charge in [-0.25, -0.2) is 0 Å². The van der Waals surface area contributed by atoms with Crippen LogP contribution in [0.4, 0.5) is 0 Å². The summed E-state index contributed by atoms with van der Waals surface area (Å²) >= 11 is 0. The van der Waals surface area contributed by atoms with Crippen molar-refractivity contribution in [1.29, 1.82) is 0 Å². The average molecular weight is 156 g/mol. The molecule has 0 atom stereocenters. The highest BCUT2D eigenvalue weighted by Crippen LogP contribution is 2.26. The van der Waals surface area contributed by atoms with Crippen LogP contribution in [0.15, 0.2) is 11.5 Å². The van der Waals surface area contributed by atoms with E-state index in [2.05, 4.69) is 0 Å². The van der Waals surface area contributed by atoms with Gasteiger partial charge in [0.1, 0.15) is 11.5 Å². The highest BCUT2D eigenvalue weighted by molar-refractivity contribution is 6.36. The van der Waals surface area contributed by atoms with Gasteiger partial charge in [0.15, 0.2) is 0 Å². The van der Waals surface area contributed by atoms with Crippen LogP contribution in [0.25, 0.3) is 0 Å². The van der Waals surface area contributed by atoms with Crippen LogP contribution in [0.1, 0.15) is 27.2 Å². The third-order valence-electron chi connectivity index (χ3n) is 1.59. The van der Waals surface area contributed by atoms with Crippen molar-refractivity contribution in [3.05, 3.63) is 11.5 Å². The summed E-state index contributed by atoms with van der Waals surface area (Å²) in [7, 11) is -1.08. The predicted molar refractivity (Wildman–Crippen MR) is 42.3 cm³/mol. The van der Waals surface area contributed by atoms with Gasteiger partial charge in [-0.3, -0.25) is 0 Å². The van der Waals surface area contributed by atoms with Crippen LogP contribution < -0.4 is 0 Å². The summed E-state index contributed by atoms with van der Waals surface area (Å²) in [5.74, 6) is 1.83. The monoisotopic (exact) mass is 156 g/mol. The van der Waals surface area contributed by atoms with E-state index in [1.165, 1.54) is 0 Å². The largest absolute Gasteiger partial charge is 0.784 e. The van der Waals surface area contributed by atoms with Gasteiger partial charge in [0.05, 0.1) is 0 Å². The van der Waals surface area contributed by atoms with Gasteiger partial charge in [0.25, 0.3) is 0 Å². The smallest absolute Gasteiger partial charge is 0.502 e. The Balaban J connectivity index is 2.71. The van der Waals surface area contributed by atoms with Gasteiger partial charge in [-0.1, -0.05) is 20.8 Å². The van der Waals surface area contributed by atoms with Crippen molar-refractivity contribution in [3.63, 3.8) is 0 Å². The van der Waals surface area contributed by atoms with Gasteiger partial charge < -0.3 is 14.3 Å². The third kappa shape index (κ3) is 1.68. The molecule has 1 heterocycles. The van der Waals surface area contributed by atoms with Crippen LogP contribution in [0.5, 0.6) is 0 Å². The first kappa shape index (κ1) is 8.46. The molecule has 0 radical (unpaired) electrons. The Hall–Kier alpha value is -0.635. The Morgan fingerprint density at radius 3 is 2.45 bits per heavy atom. The van der Waals surface area contributed by atoms with E-state index in [1.54, 1.807) is 0 Å². The summed E-state index contributed by atoms with van der Waals surface area (Å²) in [4.78, 5) is 0. The molecular weight excluding hydrogens is 143 g/mol. The van der Waals surface area contributed by atoms with Crippen molar-refractivity contribution in [1.82, 2.24) is 0 Å². The minimum Gasteiger partial charge on any atom is -0.502 e. The Morgan fingerprint density at radius 1 is 1.45 bits per heavy atom. The summed E-state index contributed by atoms with van der Waals surface area (Å²) in [6.45, 7) is 5.98. The van der Waals surface area contributed by atoms with Crippen LogP contribution in [0, 0.1) is 5.92 Å². The van der Waals surface area contributed by atoms with E-state index in [1.807, 2.05) is 20.8 Å². The molecule has 0 fully saturated rings. The minimum atomic E-state index is -1.08. The van der Waals surface area contributed by atoms with E-state index in [-0.39, 0.29) is 5.92 Å². The topological polar surface area (TPSA) is 38.7 Å². The maximum atomic E-state index is 8.96. The Morgan fingerprint density at radius 2 is 2.09 bits per heavy atom. The fourth-order valence-electron chi connectivity index (χ4n) is 1.09. The summed E-state index contributed by atoms with van der Waals surface area (Å²) in [6, 6.07) is 0. The molecule has 11 heavy (non-hydrogen) atoms. The van der Waals surface area contributed by atoms with Gasteiger partial charge >= 0.3 is 7.32 Å². The molecule has 1 N–H and O–H groups in total. The van der Waals surface area contributed by atoms with E-state index < -0.39 is 7.32 Å². The predicted octanol–water partition coefficient (Wildman–Crippen LogP) is 1.29. The molecule has 1 rings (SSSR count).